The lowest BCUT2D eigenvalue weighted by Gasteiger charge is -2.43. The van der Waals surface area contributed by atoms with Crippen molar-refractivity contribution in [2.24, 2.45) is 11.8 Å². The highest BCUT2D eigenvalue weighted by molar-refractivity contribution is 5.06. The SMILES string of the molecule is C[C@]1(O)CC[C@@H]2C=CO[C@@H](O[C@@H]3O[C@H](CO)[C@@H](O)[C@H](O)[C@H]3O)[C@@H]21. The maximum atomic E-state index is 10.5. The number of hydrogen-bond donors (Lipinski definition) is 5. The summed E-state index contributed by atoms with van der Waals surface area (Å²) >= 11 is 0. The summed E-state index contributed by atoms with van der Waals surface area (Å²) < 4.78 is 16.4. The minimum absolute atomic E-state index is 0.0913. The molecule has 0 amide bonds. The lowest BCUT2D eigenvalue weighted by molar-refractivity contribution is -0.345. The Kier molecular flexibility index (Phi) is 4.67. The molecular formula is C15H24O8. The van der Waals surface area contributed by atoms with Crippen LogP contribution in [0.2, 0.25) is 0 Å². The topological polar surface area (TPSA) is 129 Å². The lowest BCUT2D eigenvalue weighted by atomic mass is 9.85. The van der Waals surface area contributed by atoms with E-state index in [1.807, 2.05) is 6.08 Å². The first kappa shape index (κ1) is 17.1. The molecule has 1 aliphatic carbocycles. The van der Waals surface area contributed by atoms with E-state index in [0.29, 0.717) is 6.42 Å². The molecule has 2 fully saturated rings. The molecule has 2 aliphatic heterocycles. The summed E-state index contributed by atoms with van der Waals surface area (Å²) in [6.07, 6.45) is -2.85. The fourth-order valence-electron chi connectivity index (χ4n) is 3.71. The van der Waals surface area contributed by atoms with Crippen molar-refractivity contribution >= 4 is 0 Å². The van der Waals surface area contributed by atoms with Crippen LogP contribution < -0.4 is 0 Å². The Hall–Kier alpha value is -0.740. The van der Waals surface area contributed by atoms with Gasteiger partial charge in [0.15, 0.2) is 6.29 Å². The first-order valence-corrected chi connectivity index (χ1v) is 7.85. The van der Waals surface area contributed by atoms with E-state index in [0.717, 1.165) is 6.42 Å². The van der Waals surface area contributed by atoms with E-state index in [9.17, 15) is 25.5 Å². The summed E-state index contributed by atoms with van der Waals surface area (Å²) in [5.41, 5.74) is -0.978. The van der Waals surface area contributed by atoms with E-state index in [1.165, 1.54) is 6.26 Å². The Morgan fingerprint density at radius 3 is 2.61 bits per heavy atom. The predicted octanol–water partition coefficient (Wildman–Crippen LogP) is -1.55. The molecule has 0 spiro atoms. The summed E-state index contributed by atoms with van der Waals surface area (Å²) in [5, 5.41) is 49.4. The summed E-state index contributed by atoms with van der Waals surface area (Å²) in [4.78, 5) is 0. The van der Waals surface area contributed by atoms with Gasteiger partial charge in [0.2, 0.25) is 6.29 Å². The molecular weight excluding hydrogens is 308 g/mol. The van der Waals surface area contributed by atoms with E-state index >= 15 is 0 Å². The molecule has 0 aromatic carbocycles. The van der Waals surface area contributed by atoms with Crippen LogP contribution in [-0.2, 0) is 14.2 Å². The Balaban J connectivity index is 1.74. The van der Waals surface area contributed by atoms with Crippen molar-refractivity contribution in [2.45, 2.75) is 62.4 Å². The molecule has 9 atom stereocenters. The van der Waals surface area contributed by atoms with Gasteiger partial charge in [-0.15, -0.1) is 0 Å². The zero-order chi connectivity index (χ0) is 16.8. The van der Waals surface area contributed by atoms with Crippen molar-refractivity contribution in [3.63, 3.8) is 0 Å². The van der Waals surface area contributed by atoms with Gasteiger partial charge >= 0.3 is 0 Å². The van der Waals surface area contributed by atoms with E-state index in [-0.39, 0.29) is 11.8 Å². The first-order chi connectivity index (χ1) is 10.8. The third-order valence-electron chi connectivity index (χ3n) is 5.11. The molecule has 23 heavy (non-hydrogen) atoms. The van der Waals surface area contributed by atoms with Gasteiger partial charge in [-0.3, -0.25) is 0 Å². The molecule has 8 heteroatoms. The van der Waals surface area contributed by atoms with Crippen molar-refractivity contribution in [3.05, 3.63) is 12.3 Å². The van der Waals surface area contributed by atoms with Gasteiger partial charge in [-0.05, 0) is 31.8 Å². The Labute approximate surface area is 133 Å². The number of aliphatic hydroxyl groups is 5. The van der Waals surface area contributed by atoms with Crippen LogP contribution in [0.1, 0.15) is 19.8 Å². The summed E-state index contributed by atoms with van der Waals surface area (Å²) in [6, 6.07) is 0. The molecule has 1 saturated carbocycles. The molecule has 0 bridgehead atoms. The molecule has 0 unspecified atom stereocenters. The van der Waals surface area contributed by atoms with Crippen LogP contribution in [-0.4, -0.2) is 74.7 Å². The van der Waals surface area contributed by atoms with E-state index < -0.39 is 49.2 Å². The largest absolute Gasteiger partial charge is 0.472 e. The third-order valence-corrected chi connectivity index (χ3v) is 5.11. The van der Waals surface area contributed by atoms with Crippen LogP contribution in [0.3, 0.4) is 0 Å². The Morgan fingerprint density at radius 2 is 1.91 bits per heavy atom. The molecule has 0 aromatic heterocycles. The molecule has 8 nitrogen and oxygen atoms in total. The summed E-state index contributed by atoms with van der Waals surface area (Å²) in [5.74, 6) is -0.242. The van der Waals surface area contributed by atoms with Gasteiger partial charge in [-0.1, -0.05) is 0 Å². The number of aliphatic hydroxyl groups excluding tert-OH is 4. The van der Waals surface area contributed by atoms with Gasteiger partial charge in [-0.25, -0.2) is 0 Å². The molecule has 3 aliphatic rings. The maximum absolute atomic E-state index is 10.5. The number of fused-ring (bicyclic) bond motifs is 1. The first-order valence-electron chi connectivity index (χ1n) is 7.85. The van der Waals surface area contributed by atoms with Gasteiger partial charge in [0.25, 0.3) is 0 Å². The smallest absolute Gasteiger partial charge is 0.207 e. The van der Waals surface area contributed by atoms with E-state index in [4.69, 9.17) is 14.2 Å². The van der Waals surface area contributed by atoms with Crippen LogP contribution in [0.4, 0.5) is 0 Å². The number of hydrogen-bond acceptors (Lipinski definition) is 8. The van der Waals surface area contributed by atoms with Gasteiger partial charge in [-0.2, -0.15) is 0 Å². The molecule has 1 saturated heterocycles. The second-order valence-electron chi connectivity index (χ2n) is 6.75. The normalized spacial score (nSPS) is 53.0. The number of allylic oxidation sites excluding steroid dienone is 1. The molecule has 5 N–H and O–H groups in total. The van der Waals surface area contributed by atoms with E-state index in [2.05, 4.69) is 0 Å². The minimum Gasteiger partial charge on any atom is -0.472 e. The van der Waals surface area contributed by atoms with Gasteiger partial charge in [0.05, 0.1) is 24.4 Å². The number of rotatable bonds is 3. The van der Waals surface area contributed by atoms with Crippen LogP contribution in [0.15, 0.2) is 12.3 Å². The van der Waals surface area contributed by atoms with Crippen molar-refractivity contribution in [3.8, 4) is 0 Å². The standard InChI is InChI=1S/C15H24O8/c1-15(20)4-2-7-3-5-21-13(9(7)15)23-14-12(19)11(18)10(17)8(6-16)22-14/h3,5,7-14,16-20H,2,4,6H2,1H3/t7-,8-,9-,10-,11+,12-,13+,14+,15+/m1/s1. The predicted molar refractivity (Wildman–Crippen MR) is 75.7 cm³/mol. The second kappa shape index (κ2) is 6.29. The maximum Gasteiger partial charge on any atom is 0.207 e. The van der Waals surface area contributed by atoms with Crippen molar-refractivity contribution in [2.75, 3.05) is 6.61 Å². The number of ether oxygens (including phenoxy) is 3. The molecule has 0 aromatic rings. The van der Waals surface area contributed by atoms with Crippen molar-refractivity contribution in [1.29, 1.82) is 0 Å². The fourth-order valence-corrected chi connectivity index (χ4v) is 3.71. The van der Waals surface area contributed by atoms with Crippen LogP contribution in [0.5, 0.6) is 0 Å². The van der Waals surface area contributed by atoms with Crippen LogP contribution in [0, 0.1) is 11.8 Å². The van der Waals surface area contributed by atoms with Crippen LogP contribution >= 0.6 is 0 Å². The zero-order valence-corrected chi connectivity index (χ0v) is 12.9. The molecule has 0 radical (unpaired) electrons. The van der Waals surface area contributed by atoms with Crippen molar-refractivity contribution in [1.82, 2.24) is 0 Å². The van der Waals surface area contributed by atoms with Gasteiger partial charge < -0.3 is 39.7 Å². The molecule has 3 rings (SSSR count). The summed E-state index contributed by atoms with van der Waals surface area (Å²) in [7, 11) is 0. The van der Waals surface area contributed by atoms with Gasteiger partial charge in [0.1, 0.15) is 24.4 Å². The zero-order valence-electron chi connectivity index (χ0n) is 12.9. The van der Waals surface area contributed by atoms with E-state index in [1.54, 1.807) is 6.92 Å². The highest BCUT2D eigenvalue weighted by Crippen LogP contribution is 2.46. The highest BCUT2D eigenvalue weighted by Gasteiger charge is 2.52. The monoisotopic (exact) mass is 332 g/mol. The fraction of sp³-hybridized carbons (Fsp3) is 0.867. The van der Waals surface area contributed by atoms with Crippen molar-refractivity contribution < 1.29 is 39.7 Å². The molecule has 132 valence electrons. The van der Waals surface area contributed by atoms with Gasteiger partial charge in [0, 0.05) is 0 Å². The second-order valence-corrected chi connectivity index (χ2v) is 6.75. The average molecular weight is 332 g/mol. The quantitative estimate of drug-likeness (QED) is 0.420. The Morgan fingerprint density at radius 1 is 1.17 bits per heavy atom. The minimum atomic E-state index is -1.51. The lowest BCUT2D eigenvalue weighted by Crippen LogP contribution is -2.60. The molecule has 2 heterocycles. The third kappa shape index (κ3) is 3.00. The van der Waals surface area contributed by atoms with Crippen LogP contribution in [0.25, 0.3) is 0 Å². The average Bonchev–Trinajstić information content (AvgIpc) is 2.84. The summed E-state index contributed by atoms with van der Waals surface area (Å²) in [6.45, 7) is 1.18. The Bertz CT molecular complexity index is 451. The highest BCUT2D eigenvalue weighted by atomic mass is 16.8.